The number of halogens is 3. The number of piperazine rings is 1. The third kappa shape index (κ3) is 4.86. The fourth-order valence-corrected chi connectivity index (χ4v) is 8.83. The van der Waals surface area contributed by atoms with E-state index in [0.29, 0.717) is 18.1 Å². The van der Waals surface area contributed by atoms with Crippen LogP contribution in [0, 0.1) is 17.6 Å². The summed E-state index contributed by atoms with van der Waals surface area (Å²) in [4.78, 5) is 17.1. The standard InChI is InChI=1S/C29H35ClF2N2O5S/c1-4-28(2,3)34-15-13-33(14-16-34)27(35)39-21-11-12-29(40(36,37)22-7-5-20(30)6-8-22)19(17-21)18-38-26-24(32)10-9-23(31)25(26)29/h5-10,19,21H,4,11-18H2,1-3H3/t19-,21-,29+/m1/s1. The first-order chi connectivity index (χ1) is 18.9. The molecule has 7 nitrogen and oxygen atoms in total. The van der Waals surface area contributed by atoms with E-state index in [-0.39, 0.29) is 47.6 Å². The predicted octanol–water partition coefficient (Wildman–Crippen LogP) is 5.79. The Labute approximate surface area is 239 Å². The number of fused-ring (bicyclic) bond motifs is 3. The molecule has 3 aliphatic rings. The number of rotatable bonds is 5. The average Bonchev–Trinajstić information content (AvgIpc) is 2.94. The van der Waals surface area contributed by atoms with Crippen molar-refractivity contribution in [1.82, 2.24) is 9.80 Å². The zero-order chi connectivity index (χ0) is 28.9. The van der Waals surface area contributed by atoms with Gasteiger partial charge in [0.15, 0.2) is 21.4 Å². The SMILES string of the molecule is CCC(C)(C)N1CCN(C(=O)O[C@@H]2CC[C@@]3(S(=O)(=O)c4ccc(Cl)cc4)c4c(F)ccc(F)c4OC[C@H]3C2)CC1. The van der Waals surface area contributed by atoms with E-state index in [2.05, 4.69) is 25.7 Å². The minimum absolute atomic E-state index is 0.0401. The molecule has 40 heavy (non-hydrogen) atoms. The molecule has 5 rings (SSSR count). The van der Waals surface area contributed by atoms with Gasteiger partial charge in [-0.05, 0) is 75.9 Å². The summed E-state index contributed by atoms with van der Waals surface area (Å²) < 4.78 is 68.6. The second-order valence-corrected chi connectivity index (χ2v) is 14.2. The van der Waals surface area contributed by atoms with Crippen LogP contribution in [0.2, 0.25) is 5.02 Å². The number of nitrogens with zero attached hydrogens (tertiary/aromatic N) is 2. The van der Waals surface area contributed by atoms with Gasteiger partial charge in [-0.1, -0.05) is 18.5 Å². The molecule has 2 aromatic rings. The Morgan fingerprint density at radius 2 is 1.75 bits per heavy atom. The van der Waals surface area contributed by atoms with Gasteiger partial charge in [-0.2, -0.15) is 0 Å². The lowest BCUT2D eigenvalue weighted by Gasteiger charge is -2.49. The van der Waals surface area contributed by atoms with Crippen molar-refractivity contribution >= 4 is 27.5 Å². The normalized spacial score (nSPS) is 25.5. The van der Waals surface area contributed by atoms with Crippen LogP contribution in [0.4, 0.5) is 13.6 Å². The van der Waals surface area contributed by atoms with Gasteiger partial charge in [0, 0.05) is 42.7 Å². The highest BCUT2D eigenvalue weighted by molar-refractivity contribution is 7.92. The number of hydrogen-bond acceptors (Lipinski definition) is 6. The van der Waals surface area contributed by atoms with E-state index in [4.69, 9.17) is 21.1 Å². The quantitative estimate of drug-likeness (QED) is 0.435. The molecule has 1 amide bonds. The van der Waals surface area contributed by atoms with Crippen LogP contribution in [0.15, 0.2) is 41.3 Å². The third-order valence-corrected chi connectivity index (χ3v) is 11.9. The van der Waals surface area contributed by atoms with Crippen molar-refractivity contribution in [1.29, 1.82) is 0 Å². The lowest BCUT2D eigenvalue weighted by Crippen LogP contribution is -2.56. The second kappa shape index (κ2) is 10.8. The van der Waals surface area contributed by atoms with Gasteiger partial charge in [0.05, 0.1) is 17.1 Å². The number of carbonyl (C=O) groups is 1. The van der Waals surface area contributed by atoms with Crippen LogP contribution < -0.4 is 4.74 Å². The topological polar surface area (TPSA) is 76.2 Å². The molecule has 0 unspecified atom stereocenters. The highest BCUT2D eigenvalue weighted by Gasteiger charge is 2.60. The zero-order valence-corrected chi connectivity index (χ0v) is 24.5. The minimum Gasteiger partial charge on any atom is -0.490 e. The first-order valence-corrected chi connectivity index (χ1v) is 15.6. The van der Waals surface area contributed by atoms with E-state index < -0.39 is 44.3 Å². The Bertz CT molecular complexity index is 1380. The van der Waals surface area contributed by atoms with E-state index in [1.54, 1.807) is 4.90 Å². The average molecular weight is 597 g/mol. The van der Waals surface area contributed by atoms with Crippen LogP contribution in [-0.2, 0) is 19.3 Å². The Hall–Kier alpha value is -2.43. The molecule has 2 aliphatic heterocycles. The Balaban J connectivity index is 1.41. The molecule has 0 N–H and O–H groups in total. The predicted molar refractivity (Wildman–Crippen MR) is 147 cm³/mol. The highest BCUT2D eigenvalue weighted by atomic mass is 35.5. The summed E-state index contributed by atoms with van der Waals surface area (Å²) in [6.45, 7) is 8.91. The molecule has 1 saturated carbocycles. The Kier molecular flexibility index (Phi) is 7.82. The first-order valence-electron chi connectivity index (χ1n) is 13.7. The molecular weight excluding hydrogens is 562 g/mol. The van der Waals surface area contributed by atoms with Crippen LogP contribution in [0.25, 0.3) is 0 Å². The van der Waals surface area contributed by atoms with E-state index in [1.165, 1.54) is 24.3 Å². The Morgan fingerprint density at radius 1 is 1.10 bits per heavy atom. The summed E-state index contributed by atoms with van der Waals surface area (Å²) >= 11 is 6.00. The molecule has 2 heterocycles. The largest absolute Gasteiger partial charge is 0.490 e. The zero-order valence-electron chi connectivity index (χ0n) is 23.0. The van der Waals surface area contributed by atoms with Crippen molar-refractivity contribution in [2.45, 2.75) is 67.7 Å². The summed E-state index contributed by atoms with van der Waals surface area (Å²) in [5.41, 5.74) is -0.247. The monoisotopic (exact) mass is 596 g/mol. The van der Waals surface area contributed by atoms with Crippen LogP contribution in [0.3, 0.4) is 0 Å². The number of benzene rings is 2. The number of sulfone groups is 1. The molecule has 3 atom stereocenters. The van der Waals surface area contributed by atoms with Gasteiger partial charge in [0.1, 0.15) is 16.7 Å². The Morgan fingerprint density at radius 3 is 2.40 bits per heavy atom. The van der Waals surface area contributed by atoms with E-state index in [1.807, 2.05) is 0 Å². The fourth-order valence-electron chi connectivity index (χ4n) is 6.34. The summed E-state index contributed by atoms with van der Waals surface area (Å²) in [6, 6.07) is 7.54. The van der Waals surface area contributed by atoms with Crippen LogP contribution >= 0.6 is 11.6 Å². The molecule has 2 aromatic carbocycles. The van der Waals surface area contributed by atoms with Crippen molar-refractivity contribution in [2.75, 3.05) is 32.8 Å². The molecule has 11 heteroatoms. The fraction of sp³-hybridized carbons (Fsp3) is 0.552. The third-order valence-electron chi connectivity index (χ3n) is 9.09. The number of hydrogen-bond donors (Lipinski definition) is 0. The molecule has 0 spiro atoms. The van der Waals surface area contributed by atoms with Crippen molar-refractivity contribution in [2.24, 2.45) is 5.92 Å². The van der Waals surface area contributed by atoms with Crippen molar-refractivity contribution in [3.63, 3.8) is 0 Å². The smallest absolute Gasteiger partial charge is 0.410 e. The second-order valence-electron chi connectivity index (χ2n) is 11.5. The maximum atomic E-state index is 15.4. The number of amides is 1. The van der Waals surface area contributed by atoms with Gasteiger partial charge in [0.25, 0.3) is 0 Å². The highest BCUT2D eigenvalue weighted by Crippen LogP contribution is 2.56. The first kappa shape index (κ1) is 29.1. The molecule has 0 aromatic heterocycles. The summed E-state index contributed by atoms with van der Waals surface area (Å²) in [7, 11) is -4.25. The molecule has 0 radical (unpaired) electrons. The van der Waals surface area contributed by atoms with Gasteiger partial charge in [-0.3, -0.25) is 4.90 Å². The number of ether oxygens (including phenoxy) is 2. The molecule has 1 aliphatic carbocycles. The van der Waals surface area contributed by atoms with E-state index >= 15 is 4.39 Å². The molecule has 2 fully saturated rings. The maximum absolute atomic E-state index is 15.4. The van der Waals surface area contributed by atoms with Gasteiger partial charge in [-0.15, -0.1) is 0 Å². The van der Waals surface area contributed by atoms with E-state index in [9.17, 15) is 17.6 Å². The molecule has 218 valence electrons. The lowest BCUT2D eigenvalue weighted by molar-refractivity contribution is -0.00714. The van der Waals surface area contributed by atoms with Gasteiger partial charge < -0.3 is 14.4 Å². The van der Waals surface area contributed by atoms with Crippen LogP contribution in [-0.4, -0.2) is 68.7 Å². The lowest BCUT2D eigenvalue weighted by atomic mass is 9.72. The van der Waals surface area contributed by atoms with Gasteiger partial charge >= 0.3 is 6.09 Å². The van der Waals surface area contributed by atoms with Gasteiger partial charge in [0.2, 0.25) is 0 Å². The van der Waals surface area contributed by atoms with E-state index in [0.717, 1.165) is 31.6 Å². The summed E-state index contributed by atoms with van der Waals surface area (Å²) in [5, 5.41) is 0.354. The van der Waals surface area contributed by atoms with Crippen molar-refractivity contribution in [3.05, 3.63) is 58.6 Å². The molecule has 0 bridgehead atoms. The van der Waals surface area contributed by atoms with Crippen molar-refractivity contribution in [3.8, 4) is 5.75 Å². The molecular formula is C29H35ClF2N2O5S. The maximum Gasteiger partial charge on any atom is 0.410 e. The summed E-state index contributed by atoms with van der Waals surface area (Å²) in [6.07, 6.45) is 0.219. The van der Waals surface area contributed by atoms with Gasteiger partial charge in [-0.25, -0.2) is 22.0 Å². The van der Waals surface area contributed by atoms with Crippen LogP contribution in [0.1, 0.15) is 52.0 Å². The number of carbonyl (C=O) groups excluding carboxylic acids is 1. The van der Waals surface area contributed by atoms with Crippen molar-refractivity contribution < 1.29 is 31.5 Å². The van der Waals surface area contributed by atoms with Crippen LogP contribution in [0.5, 0.6) is 5.75 Å². The molecule has 1 saturated heterocycles. The summed E-state index contributed by atoms with van der Waals surface area (Å²) in [5.74, 6) is -2.82. The minimum atomic E-state index is -4.25.